The Balaban J connectivity index is 1.54. The van der Waals surface area contributed by atoms with Crippen molar-refractivity contribution in [1.82, 2.24) is 9.38 Å². The third-order valence-electron chi connectivity index (χ3n) is 5.74. The fourth-order valence-electron chi connectivity index (χ4n) is 3.85. The number of carboxylic acid groups (broad SMARTS) is 1. The summed E-state index contributed by atoms with van der Waals surface area (Å²) in [5.41, 5.74) is 4.61. The minimum Gasteiger partial charge on any atom is -0.478 e. The Morgan fingerprint density at radius 1 is 1.09 bits per heavy atom. The molecule has 0 spiro atoms. The predicted molar refractivity (Wildman–Crippen MR) is 128 cm³/mol. The molecule has 7 nitrogen and oxygen atoms in total. The molecule has 0 fully saturated rings. The Bertz CT molecular complexity index is 1340. The largest absolute Gasteiger partial charge is 0.478 e. The molecule has 1 N–H and O–H groups in total. The van der Waals surface area contributed by atoms with Crippen LogP contribution in [0.1, 0.15) is 46.9 Å². The maximum atomic E-state index is 12.8. The fraction of sp³-hybridized carbons (Fsp3) is 0.222. The first-order valence-corrected chi connectivity index (χ1v) is 11.1. The molecule has 2 heterocycles. The fourth-order valence-corrected chi connectivity index (χ4v) is 3.85. The van der Waals surface area contributed by atoms with Crippen LogP contribution in [0.3, 0.4) is 0 Å². The van der Waals surface area contributed by atoms with Gasteiger partial charge in [-0.3, -0.25) is 9.20 Å². The molecule has 0 amide bonds. The van der Waals surface area contributed by atoms with Crippen LogP contribution >= 0.6 is 0 Å². The molecule has 0 bridgehead atoms. The Morgan fingerprint density at radius 2 is 1.85 bits per heavy atom. The molecule has 1 atom stereocenters. The average molecular weight is 459 g/mol. The molecule has 2 aromatic heterocycles. The van der Waals surface area contributed by atoms with E-state index in [0.29, 0.717) is 23.6 Å². The van der Waals surface area contributed by atoms with Crippen molar-refractivity contribution in [3.05, 3.63) is 89.2 Å². The summed E-state index contributed by atoms with van der Waals surface area (Å²) in [6, 6.07) is 18.2. The Kier molecular flexibility index (Phi) is 6.63. The number of carbonyl (C=O) groups is 2. The highest BCUT2D eigenvalue weighted by Crippen LogP contribution is 2.28. The van der Waals surface area contributed by atoms with Gasteiger partial charge in [0.05, 0.1) is 30.0 Å². The van der Waals surface area contributed by atoms with E-state index in [4.69, 9.17) is 9.47 Å². The number of benzene rings is 2. The van der Waals surface area contributed by atoms with Crippen LogP contribution in [0, 0.1) is 6.92 Å². The van der Waals surface area contributed by atoms with Gasteiger partial charge in [0.25, 0.3) is 0 Å². The monoisotopic (exact) mass is 458 g/mol. The van der Waals surface area contributed by atoms with E-state index in [1.807, 2.05) is 60.7 Å². The number of imidazole rings is 1. The van der Waals surface area contributed by atoms with Crippen molar-refractivity contribution in [2.24, 2.45) is 0 Å². The SMILES string of the molecule is CCOc1cn2c(COC(=O)C(C)c3ccc(-c4ccccc4)c(C(=O)O)c3)ccc(C)c2n1. The molecule has 0 aliphatic heterocycles. The van der Waals surface area contributed by atoms with E-state index in [9.17, 15) is 14.7 Å². The molecule has 34 heavy (non-hydrogen) atoms. The lowest BCUT2D eigenvalue weighted by molar-refractivity contribution is -0.146. The number of aromatic nitrogens is 2. The van der Waals surface area contributed by atoms with E-state index >= 15 is 0 Å². The number of rotatable bonds is 8. The number of esters is 1. The summed E-state index contributed by atoms with van der Waals surface area (Å²) >= 11 is 0. The minimum absolute atomic E-state index is 0.0514. The summed E-state index contributed by atoms with van der Waals surface area (Å²) in [6.07, 6.45) is 1.78. The second-order valence-corrected chi connectivity index (χ2v) is 8.02. The van der Waals surface area contributed by atoms with Crippen molar-refractivity contribution in [3.8, 4) is 17.0 Å². The average Bonchev–Trinajstić information content (AvgIpc) is 3.28. The van der Waals surface area contributed by atoms with Gasteiger partial charge in [0.2, 0.25) is 5.88 Å². The minimum atomic E-state index is -1.05. The van der Waals surface area contributed by atoms with E-state index in [-0.39, 0.29) is 12.2 Å². The van der Waals surface area contributed by atoms with Crippen LogP contribution in [0.4, 0.5) is 0 Å². The van der Waals surface area contributed by atoms with Gasteiger partial charge in [-0.05, 0) is 55.2 Å². The van der Waals surface area contributed by atoms with E-state index in [0.717, 1.165) is 22.5 Å². The number of hydrogen-bond acceptors (Lipinski definition) is 5. The van der Waals surface area contributed by atoms with Crippen LogP contribution in [-0.4, -0.2) is 33.0 Å². The van der Waals surface area contributed by atoms with Gasteiger partial charge in [-0.2, -0.15) is 4.98 Å². The van der Waals surface area contributed by atoms with Crippen LogP contribution in [0.5, 0.6) is 5.88 Å². The van der Waals surface area contributed by atoms with Crippen molar-refractivity contribution in [2.75, 3.05) is 6.61 Å². The number of nitrogens with zero attached hydrogens (tertiary/aromatic N) is 2. The van der Waals surface area contributed by atoms with Crippen molar-refractivity contribution in [3.63, 3.8) is 0 Å². The molecule has 0 aliphatic rings. The number of ether oxygens (including phenoxy) is 2. The van der Waals surface area contributed by atoms with Crippen LogP contribution in [0.25, 0.3) is 16.8 Å². The zero-order chi connectivity index (χ0) is 24.2. The highest BCUT2D eigenvalue weighted by atomic mass is 16.5. The molecule has 4 rings (SSSR count). The molecule has 174 valence electrons. The molecule has 0 saturated carbocycles. The van der Waals surface area contributed by atoms with Crippen LogP contribution in [0.15, 0.2) is 66.9 Å². The van der Waals surface area contributed by atoms with Gasteiger partial charge >= 0.3 is 11.9 Å². The molecule has 0 aliphatic carbocycles. The van der Waals surface area contributed by atoms with Crippen LogP contribution < -0.4 is 4.74 Å². The second kappa shape index (κ2) is 9.79. The van der Waals surface area contributed by atoms with E-state index in [1.165, 1.54) is 0 Å². The highest BCUT2D eigenvalue weighted by molar-refractivity contribution is 5.96. The molecule has 7 heteroatoms. The lowest BCUT2D eigenvalue weighted by Crippen LogP contribution is -2.15. The van der Waals surface area contributed by atoms with Gasteiger partial charge in [0, 0.05) is 0 Å². The van der Waals surface area contributed by atoms with Gasteiger partial charge in [-0.1, -0.05) is 48.5 Å². The first kappa shape index (κ1) is 23.0. The van der Waals surface area contributed by atoms with Crippen molar-refractivity contribution < 1.29 is 24.2 Å². The molecule has 2 aromatic carbocycles. The van der Waals surface area contributed by atoms with Crippen molar-refractivity contribution in [1.29, 1.82) is 0 Å². The maximum Gasteiger partial charge on any atom is 0.336 e. The van der Waals surface area contributed by atoms with Crippen molar-refractivity contribution >= 4 is 17.6 Å². The number of pyridine rings is 1. The first-order chi connectivity index (χ1) is 16.4. The third-order valence-corrected chi connectivity index (χ3v) is 5.74. The van der Waals surface area contributed by atoms with Crippen LogP contribution in [0.2, 0.25) is 0 Å². The molecule has 0 saturated heterocycles. The van der Waals surface area contributed by atoms with Gasteiger partial charge in [-0.25, -0.2) is 4.79 Å². The number of fused-ring (bicyclic) bond motifs is 1. The third kappa shape index (κ3) is 4.64. The quantitative estimate of drug-likeness (QED) is 0.363. The van der Waals surface area contributed by atoms with E-state index in [1.54, 1.807) is 31.3 Å². The number of aromatic carboxylic acids is 1. The molecular formula is C27H26N2O5. The summed E-state index contributed by atoms with van der Waals surface area (Å²) in [5.74, 6) is -1.61. The molecule has 4 aromatic rings. The Morgan fingerprint density at radius 3 is 2.56 bits per heavy atom. The van der Waals surface area contributed by atoms with Crippen LogP contribution in [-0.2, 0) is 16.1 Å². The molecular weight excluding hydrogens is 432 g/mol. The summed E-state index contributed by atoms with van der Waals surface area (Å²) < 4.78 is 13.0. The summed E-state index contributed by atoms with van der Waals surface area (Å²) in [7, 11) is 0. The van der Waals surface area contributed by atoms with Gasteiger partial charge < -0.3 is 14.6 Å². The lowest BCUT2D eigenvalue weighted by Gasteiger charge is -2.15. The van der Waals surface area contributed by atoms with E-state index in [2.05, 4.69) is 4.98 Å². The van der Waals surface area contributed by atoms with Gasteiger partial charge in [-0.15, -0.1) is 0 Å². The number of aryl methyl sites for hydroxylation is 1. The normalized spacial score (nSPS) is 11.9. The Labute approximate surface area is 197 Å². The van der Waals surface area contributed by atoms with E-state index < -0.39 is 17.9 Å². The van der Waals surface area contributed by atoms with Crippen molar-refractivity contribution in [2.45, 2.75) is 33.3 Å². The standard InChI is InChI=1S/C27H26N2O5/c1-4-33-24-15-29-21(12-10-17(2)25(29)28-24)16-34-27(32)18(3)20-11-13-22(23(14-20)26(30)31)19-8-6-5-7-9-19/h5-15,18H,4,16H2,1-3H3,(H,30,31). The predicted octanol–water partition coefficient (Wildman–Crippen LogP) is 5.25. The lowest BCUT2D eigenvalue weighted by atomic mass is 9.93. The number of carbonyl (C=O) groups excluding carboxylic acids is 1. The first-order valence-electron chi connectivity index (χ1n) is 11.1. The van der Waals surface area contributed by atoms with Gasteiger partial charge in [0.15, 0.2) is 0 Å². The number of hydrogen-bond donors (Lipinski definition) is 1. The molecule has 1 unspecified atom stereocenters. The topological polar surface area (TPSA) is 90.1 Å². The summed E-state index contributed by atoms with van der Waals surface area (Å²) in [6.45, 7) is 6.11. The zero-order valence-electron chi connectivity index (χ0n) is 19.3. The smallest absolute Gasteiger partial charge is 0.336 e. The second-order valence-electron chi connectivity index (χ2n) is 8.02. The zero-order valence-corrected chi connectivity index (χ0v) is 19.3. The Hall–Kier alpha value is -4.13. The molecule has 0 radical (unpaired) electrons. The summed E-state index contributed by atoms with van der Waals surface area (Å²) in [4.78, 5) is 29.2. The highest BCUT2D eigenvalue weighted by Gasteiger charge is 2.21. The maximum absolute atomic E-state index is 12.8. The van der Waals surface area contributed by atoms with Gasteiger partial charge in [0.1, 0.15) is 12.3 Å². The summed E-state index contributed by atoms with van der Waals surface area (Å²) in [5, 5.41) is 9.75. The number of carboxylic acids is 1.